The normalized spacial score (nSPS) is 10.2. The lowest BCUT2D eigenvalue weighted by Gasteiger charge is -2.11. The largest absolute Gasteiger partial charge is 0.354 e. The van der Waals surface area contributed by atoms with Gasteiger partial charge in [-0.3, -0.25) is 9.78 Å². The van der Waals surface area contributed by atoms with Gasteiger partial charge < -0.3 is 10.6 Å². The van der Waals surface area contributed by atoms with E-state index in [4.69, 9.17) is 11.6 Å². The number of pyridine rings is 1. The minimum Gasteiger partial charge on any atom is -0.354 e. The molecule has 2 aromatic carbocycles. The Morgan fingerprint density at radius 3 is 2.54 bits per heavy atom. The lowest BCUT2D eigenvalue weighted by atomic mass is 10.2. The Labute approximate surface area is 145 Å². The molecule has 0 unspecified atom stereocenters. The van der Waals surface area contributed by atoms with Crippen molar-refractivity contribution in [3.63, 3.8) is 0 Å². The lowest BCUT2D eigenvalue weighted by Crippen LogP contribution is -2.12. The minimum absolute atomic E-state index is 0.204. The molecule has 0 saturated heterocycles. The van der Waals surface area contributed by atoms with Crippen molar-refractivity contribution >= 4 is 34.6 Å². The fourth-order valence-corrected chi connectivity index (χ4v) is 2.51. The highest BCUT2D eigenvalue weighted by molar-refractivity contribution is 6.30. The highest BCUT2D eigenvalue weighted by Gasteiger charge is 2.08. The molecule has 4 nitrogen and oxygen atoms in total. The highest BCUT2D eigenvalue weighted by atomic mass is 35.5. The SMILES string of the molecule is Cc1cc(Cl)ccc1Nc1cncc(C(=O)Nc2ccccc2)c1. The molecule has 0 aliphatic rings. The molecule has 24 heavy (non-hydrogen) atoms. The Bertz CT molecular complexity index is 865. The first-order valence-corrected chi connectivity index (χ1v) is 7.84. The summed E-state index contributed by atoms with van der Waals surface area (Å²) in [6, 6.07) is 16.7. The maximum atomic E-state index is 12.3. The molecule has 5 heteroatoms. The molecule has 2 N–H and O–H groups in total. The van der Waals surface area contributed by atoms with Gasteiger partial charge in [0.25, 0.3) is 5.91 Å². The molecule has 0 bridgehead atoms. The third-order valence-corrected chi connectivity index (χ3v) is 3.73. The summed E-state index contributed by atoms with van der Waals surface area (Å²) in [5, 5.41) is 6.79. The molecular formula is C19H16ClN3O. The first-order valence-electron chi connectivity index (χ1n) is 7.46. The lowest BCUT2D eigenvalue weighted by molar-refractivity contribution is 0.102. The van der Waals surface area contributed by atoms with Crippen LogP contribution in [0.15, 0.2) is 67.0 Å². The number of aryl methyl sites for hydroxylation is 1. The number of anilines is 3. The van der Waals surface area contributed by atoms with Gasteiger partial charge >= 0.3 is 0 Å². The second-order valence-corrected chi connectivity index (χ2v) is 5.80. The molecule has 0 aliphatic carbocycles. The number of halogens is 1. The van der Waals surface area contributed by atoms with Crippen LogP contribution in [0.3, 0.4) is 0 Å². The molecule has 0 saturated carbocycles. The average Bonchev–Trinajstić information content (AvgIpc) is 2.59. The van der Waals surface area contributed by atoms with Crippen molar-refractivity contribution < 1.29 is 4.79 Å². The van der Waals surface area contributed by atoms with Gasteiger partial charge in [0.1, 0.15) is 0 Å². The van der Waals surface area contributed by atoms with Crippen LogP contribution in [0.2, 0.25) is 5.02 Å². The van der Waals surface area contributed by atoms with Crippen LogP contribution in [-0.4, -0.2) is 10.9 Å². The summed E-state index contributed by atoms with van der Waals surface area (Å²) >= 11 is 5.97. The molecule has 1 aromatic heterocycles. The van der Waals surface area contributed by atoms with E-state index in [0.717, 1.165) is 22.6 Å². The van der Waals surface area contributed by atoms with Crippen molar-refractivity contribution in [3.05, 3.63) is 83.1 Å². The van der Waals surface area contributed by atoms with Crippen LogP contribution in [0, 0.1) is 6.92 Å². The van der Waals surface area contributed by atoms with Gasteiger partial charge in [-0.15, -0.1) is 0 Å². The Hall–Kier alpha value is -2.85. The third kappa shape index (κ3) is 3.91. The van der Waals surface area contributed by atoms with Gasteiger partial charge in [0, 0.05) is 22.6 Å². The quantitative estimate of drug-likeness (QED) is 0.701. The van der Waals surface area contributed by atoms with E-state index in [9.17, 15) is 4.79 Å². The zero-order valence-corrected chi connectivity index (χ0v) is 13.8. The van der Waals surface area contributed by atoms with E-state index < -0.39 is 0 Å². The Kier molecular flexibility index (Phi) is 4.77. The molecule has 0 spiro atoms. The van der Waals surface area contributed by atoms with Crippen molar-refractivity contribution in [3.8, 4) is 0 Å². The first kappa shape index (κ1) is 16.0. The topological polar surface area (TPSA) is 54.0 Å². The number of hydrogen-bond acceptors (Lipinski definition) is 3. The van der Waals surface area contributed by atoms with Crippen LogP contribution in [-0.2, 0) is 0 Å². The van der Waals surface area contributed by atoms with Crippen molar-refractivity contribution in [1.29, 1.82) is 0 Å². The number of carbonyl (C=O) groups excluding carboxylic acids is 1. The van der Waals surface area contributed by atoms with E-state index in [1.165, 1.54) is 6.20 Å². The van der Waals surface area contributed by atoms with E-state index in [1.807, 2.05) is 55.5 Å². The maximum Gasteiger partial charge on any atom is 0.257 e. The monoisotopic (exact) mass is 337 g/mol. The number of nitrogens with one attached hydrogen (secondary N) is 2. The summed E-state index contributed by atoms with van der Waals surface area (Å²) in [6.45, 7) is 1.97. The summed E-state index contributed by atoms with van der Waals surface area (Å²) in [5.74, 6) is -0.204. The molecule has 3 aromatic rings. The fraction of sp³-hybridized carbons (Fsp3) is 0.0526. The van der Waals surface area contributed by atoms with E-state index in [1.54, 1.807) is 12.3 Å². The average molecular weight is 338 g/mol. The molecule has 1 amide bonds. The molecule has 0 aliphatic heterocycles. The van der Waals surface area contributed by atoms with Crippen molar-refractivity contribution in [1.82, 2.24) is 4.98 Å². The van der Waals surface area contributed by atoms with Gasteiger partial charge in [-0.2, -0.15) is 0 Å². The van der Waals surface area contributed by atoms with Crippen molar-refractivity contribution in [2.45, 2.75) is 6.92 Å². The van der Waals surface area contributed by atoms with E-state index in [2.05, 4.69) is 15.6 Å². The van der Waals surface area contributed by atoms with Gasteiger partial charge in [0.05, 0.1) is 17.4 Å². The van der Waals surface area contributed by atoms with Crippen LogP contribution in [0.25, 0.3) is 0 Å². The number of nitrogens with zero attached hydrogens (tertiary/aromatic N) is 1. The number of amides is 1. The zero-order valence-electron chi connectivity index (χ0n) is 13.1. The van der Waals surface area contributed by atoms with Crippen molar-refractivity contribution in [2.75, 3.05) is 10.6 Å². The summed E-state index contributed by atoms with van der Waals surface area (Å²) in [5.41, 5.74) is 3.90. The molecule has 0 fully saturated rings. The van der Waals surface area contributed by atoms with Gasteiger partial charge in [-0.25, -0.2) is 0 Å². The van der Waals surface area contributed by atoms with Gasteiger partial charge in [-0.1, -0.05) is 29.8 Å². The predicted octanol–water partition coefficient (Wildman–Crippen LogP) is 5.04. The van der Waals surface area contributed by atoms with Crippen LogP contribution in [0.1, 0.15) is 15.9 Å². The van der Waals surface area contributed by atoms with E-state index in [0.29, 0.717) is 10.6 Å². The van der Waals surface area contributed by atoms with Crippen LogP contribution >= 0.6 is 11.6 Å². The third-order valence-electron chi connectivity index (χ3n) is 3.50. The number of para-hydroxylation sites is 1. The van der Waals surface area contributed by atoms with Crippen molar-refractivity contribution in [2.24, 2.45) is 0 Å². The molecule has 1 heterocycles. The van der Waals surface area contributed by atoms with Crippen LogP contribution < -0.4 is 10.6 Å². The Balaban J connectivity index is 1.77. The van der Waals surface area contributed by atoms with E-state index in [-0.39, 0.29) is 5.91 Å². The van der Waals surface area contributed by atoms with Gasteiger partial charge in [0.15, 0.2) is 0 Å². The van der Waals surface area contributed by atoms with Crippen LogP contribution in [0.5, 0.6) is 0 Å². The second-order valence-electron chi connectivity index (χ2n) is 5.37. The summed E-state index contributed by atoms with van der Waals surface area (Å²) in [6.07, 6.45) is 3.21. The molecule has 0 atom stereocenters. The van der Waals surface area contributed by atoms with Gasteiger partial charge in [-0.05, 0) is 48.9 Å². The van der Waals surface area contributed by atoms with Gasteiger partial charge in [0.2, 0.25) is 0 Å². The number of benzene rings is 2. The highest BCUT2D eigenvalue weighted by Crippen LogP contribution is 2.23. The summed E-state index contributed by atoms with van der Waals surface area (Å²) in [7, 11) is 0. The number of carbonyl (C=O) groups is 1. The summed E-state index contributed by atoms with van der Waals surface area (Å²) in [4.78, 5) is 16.5. The second kappa shape index (κ2) is 7.15. The molecule has 120 valence electrons. The number of aromatic nitrogens is 1. The Morgan fingerprint density at radius 1 is 1.00 bits per heavy atom. The minimum atomic E-state index is -0.204. The Morgan fingerprint density at radius 2 is 1.79 bits per heavy atom. The standard InChI is InChI=1S/C19H16ClN3O/c1-13-9-15(20)7-8-18(13)22-17-10-14(11-21-12-17)19(24)23-16-5-3-2-4-6-16/h2-12,22H,1H3,(H,23,24). The summed E-state index contributed by atoms with van der Waals surface area (Å²) < 4.78 is 0. The fourth-order valence-electron chi connectivity index (χ4n) is 2.28. The molecule has 3 rings (SSSR count). The first-order chi connectivity index (χ1) is 11.6. The molecular weight excluding hydrogens is 322 g/mol. The van der Waals surface area contributed by atoms with Crippen LogP contribution in [0.4, 0.5) is 17.1 Å². The number of hydrogen-bond donors (Lipinski definition) is 2. The maximum absolute atomic E-state index is 12.3. The number of rotatable bonds is 4. The molecule has 0 radical (unpaired) electrons. The zero-order chi connectivity index (χ0) is 16.9. The predicted molar refractivity (Wildman–Crippen MR) is 98.1 cm³/mol. The van der Waals surface area contributed by atoms with E-state index >= 15 is 0 Å². The smallest absolute Gasteiger partial charge is 0.257 e.